The minimum absolute atomic E-state index is 0.640. The van der Waals surface area contributed by atoms with Gasteiger partial charge in [0.25, 0.3) is 0 Å². The molecule has 1 aliphatic heterocycles. The Morgan fingerprint density at radius 3 is 2.33 bits per heavy atom. The van der Waals surface area contributed by atoms with Crippen molar-refractivity contribution >= 4 is 0 Å². The summed E-state index contributed by atoms with van der Waals surface area (Å²) in [5.41, 5.74) is 4.88. The summed E-state index contributed by atoms with van der Waals surface area (Å²) in [6, 6.07) is 17.6. The van der Waals surface area contributed by atoms with Gasteiger partial charge in [-0.1, -0.05) is 54.1 Å². The first-order chi connectivity index (χ1) is 11.6. The Hall–Kier alpha value is -1.64. The van der Waals surface area contributed by atoms with Gasteiger partial charge in [0.1, 0.15) is 5.72 Å². The lowest BCUT2D eigenvalue weighted by atomic mass is 9.82. The summed E-state index contributed by atoms with van der Waals surface area (Å²) in [4.78, 5) is 2.34. The smallest absolute Gasteiger partial charge is 0.122 e. The number of nitrogens with zero attached hydrogens (tertiary/aromatic N) is 1. The number of fused-ring (bicyclic) bond motifs is 1. The first-order valence-electron chi connectivity index (χ1n) is 9.25. The summed E-state index contributed by atoms with van der Waals surface area (Å²) in [5, 5.41) is 11.3. The highest BCUT2D eigenvalue weighted by molar-refractivity contribution is 5.31. The molecule has 0 unspecified atom stereocenters. The zero-order valence-corrected chi connectivity index (χ0v) is 14.5. The molecule has 1 saturated heterocycles. The van der Waals surface area contributed by atoms with Crippen molar-refractivity contribution in [3.8, 4) is 0 Å². The average Bonchev–Trinajstić information content (AvgIpc) is 2.62. The molecule has 0 amide bonds. The molecular weight excluding hydrogens is 294 g/mol. The minimum Gasteiger partial charge on any atom is -0.375 e. The predicted molar refractivity (Wildman–Crippen MR) is 98.1 cm³/mol. The summed E-state index contributed by atoms with van der Waals surface area (Å²) in [5.74, 6) is 0.640. The molecule has 126 valence electrons. The Labute approximate surface area is 145 Å². The summed E-state index contributed by atoms with van der Waals surface area (Å²) < 4.78 is 0. The van der Waals surface area contributed by atoms with Gasteiger partial charge >= 0.3 is 0 Å². The zero-order valence-electron chi connectivity index (χ0n) is 14.5. The van der Waals surface area contributed by atoms with Gasteiger partial charge in [0.15, 0.2) is 0 Å². The van der Waals surface area contributed by atoms with Gasteiger partial charge in [0, 0.05) is 19.5 Å². The van der Waals surface area contributed by atoms with E-state index in [2.05, 4.69) is 60.4 Å². The van der Waals surface area contributed by atoms with E-state index in [9.17, 15) is 5.11 Å². The molecule has 0 saturated carbocycles. The summed E-state index contributed by atoms with van der Waals surface area (Å²) in [7, 11) is 0. The van der Waals surface area contributed by atoms with Crippen LogP contribution < -0.4 is 0 Å². The summed E-state index contributed by atoms with van der Waals surface area (Å²) >= 11 is 0. The normalized spacial score (nSPS) is 25.4. The van der Waals surface area contributed by atoms with E-state index in [0.717, 1.165) is 45.2 Å². The molecule has 0 bridgehead atoms. The lowest BCUT2D eigenvalue weighted by molar-refractivity contribution is -0.126. The van der Waals surface area contributed by atoms with Crippen LogP contribution in [-0.4, -0.2) is 28.8 Å². The van der Waals surface area contributed by atoms with Crippen molar-refractivity contribution in [2.75, 3.05) is 13.1 Å². The predicted octanol–water partition coefficient (Wildman–Crippen LogP) is 4.05. The number of hydrogen-bond donors (Lipinski definition) is 1. The fourth-order valence-electron chi connectivity index (χ4n) is 4.44. The second-order valence-corrected chi connectivity index (χ2v) is 7.60. The summed E-state index contributed by atoms with van der Waals surface area (Å²) in [6.07, 6.45) is 4.92. The van der Waals surface area contributed by atoms with E-state index in [4.69, 9.17) is 0 Å². The molecular formula is C22H27NO. The van der Waals surface area contributed by atoms with Gasteiger partial charge in [0.05, 0.1) is 0 Å². The molecule has 1 heterocycles. The maximum absolute atomic E-state index is 11.3. The van der Waals surface area contributed by atoms with E-state index < -0.39 is 5.72 Å². The molecule has 0 spiro atoms. The van der Waals surface area contributed by atoms with Gasteiger partial charge < -0.3 is 5.11 Å². The lowest BCUT2D eigenvalue weighted by Crippen LogP contribution is -2.54. The highest BCUT2D eigenvalue weighted by Gasteiger charge is 2.39. The SMILES string of the molecule is Cc1ccc(C2CCN([C@@]3(O)CCc4ccccc4C3)CC2)cc1. The molecule has 2 aromatic rings. The van der Waals surface area contributed by atoms with E-state index in [1.165, 1.54) is 22.3 Å². The summed E-state index contributed by atoms with van der Waals surface area (Å²) in [6.45, 7) is 4.14. The average molecular weight is 321 g/mol. The fraction of sp³-hybridized carbons (Fsp3) is 0.455. The molecule has 1 N–H and O–H groups in total. The van der Waals surface area contributed by atoms with Crippen LogP contribution in [0, 0.1) is 6.92 Å². The number of aliphatic hydroxyl groups is 1. The number of piperidine rings is 1. The van der Waals surface area contributed by atoms with Gasteiger partial charge in [-0.2, -0.15) is 0 Å². The van der Waals surface area contributed by atoms with Crippen LogP contribution in [0.25, 0.3) is 0 Å². The van der Waals surface area contributed by atoms with Crippen molar-refractivity contribution in [1.29, 1.82) is 0 Å². The molecule has 1 aliphatic carbocycles. The monoisotopic (exact) mass is 321 g/mol. The van der Waals surface area contributed by atoms with Crippen LogP contribution >= 0.6 is 0 Å². The van der Waals surface area contributed by atoms with Gasteiger partial charge in [-0.25, -0.2) is 0 Å². The lowest BCUT2D eigenvalue weighted by Gasteiger charge is -2.46. The van der Waals surface area contributed by atoms with Crippen molar-refractivity contribution in [3.63, 3.8) is 0 Å². The third-order valence-electron chi connectivity index (χ3n) is 6.02. The molecule has 0 aromatic heterocycles. The molecule has 2 aromatic carbocycles. The molecule has 1 fully saturated rings. The van der Waals surface area contributed by atoms with Crippen molar-refractivity contribution in [2.45, 2.75) is 50.7 Å². The van der Waals surface area contributed by atoms with E-state index in [1.807, 2.05) is 0 Å². The number of aryl methyl sites for hydroxylation is 2. The topological polar surface area (TPSA) is 23.5 Å². The van der Waals surface area contributed by atoms with Crippen LogP contribution in [0.1, 0.15) is 47.4 Å². The second-order valence-electron chi connectivity index (χ2n) is 7.60. The van der Waals surface area contributed by atoms with Crippen LogP contribution in [0.4, 0.5) is 0 Å². The largest absolute Gasteiger partial charge is 0.375 e. The Bertz CT molecular complexity index is 700. The van der Waals surface area contributed by atoms with E-state index >= 15 is 0 Å². The number of hydrogen-bond acceptors (Lipinski definition) is 2. The maximum atomic E-state index is 11.3. The van der Waals surface area contributed by atoms with Crippen molar-refractivity contribution in [2.24, 2.45) is 0 Å². The standard InChI is InChI=1S/C22H27NO/c1-17-6-8-19(9-7-17)20-11-14-23(15-12-20)22(24)13-10-18-4-2-3-5-21(18)16-22/h2-9,20,24H,10-16H2,1H3/t22-/m1/s1. The third kappa shape index (κ3) is 3.01. The van der Waals surface area contributed by atoms with E-state index in [-0.39, 0.29) is 0 Å². The minimum atomic E-state index is -0.646. The van der Waals surface area contributed by atoms with Crippen LogP contribution in [0.5, 0.6) is 0 Å². The van der Waals surface area contributed by atoms with Crippen LogP contribution in [0.15, 0.2) is 48.5 Å². The number of benzene rings is 2. The fourth-order valence-corrected chi connectivity index (χ4v) is 4.44. The molecule has 0 radical (unpaired) electrons. The van der Waals surface area contributed by atoms with Crippen LogP contribution in [0.2, 0.25) is 0 Å². The molecule has 24 heavy (non-hydrogen) atoms. The Morgan fingerprint density at radius 1 is 0.958 bits per heavy atom. The molecule has 1 atom stereocenters. The van der Waals surface area contributed by atoms with Crippen molar-refractivity contribution < 1.29 is 5.11 Å². The number of rotatable bonds is 2. The molecule has 2 aliphatic rings. The van der Waals surface area contributed by atoms with Gasteiger partial charge in [-0.15, -0.1) is 0 Å². The van der Waals surface area contributed by atoms with Gasteiger partial charge in [-0.05, 0) is 55.2 Å². The Balaban J connectivity index is 1.43. The van der Waals surface area contributed by atoms with E-state index in [1.54, 1.807) is 0 Å². The van der Waals surface area contributed by atoms with Crippen LogP contribution in [-0.2, 0) is 12.8 Å². The highest BCUT2D eigenvalue weighted by atomic mass is 16.3. The van der Waals surface area contributed by atoms with Crippen molar-refractivity contribution in [3.05, 3.63) is 70.8 Å². The number of likely N-dealkylation sites (tertiary alicyclic amines) is 1. The quantitative estimate of drug-likeness (QED) is 0.902. The molecule has 2 nitrogen and oxygen atoms in total. The maximum Gasteiger partial charge on any atom is 0.122 e. The Kier molecular flexibility index (Phi) is 4.19. The van der Waals surface area contributed by atoms with Crippen molar-refractivity contribution in [1.82, 2.24) is 4.90 Å². The van der Waals surface area contributed by atoms with Gasteiger partial charge in [0.2, 0.25) is 0 Å². The Morgan fingerprint density at radius 2 is 1.62 bits per heavy atom. The molecule has 2 heteroatoms. The van der Waals surface area contributed by atoms with Crippen LogP contribution in [0.3, 0.4) is 0 Å². The van der Waals surface area contributed by atoms with E-state index in [0.29, 0.717) is 5.92 Å². The first-order valence-corrected chi connectivity index (χ1v) is 9.25. The highest BCUT2D eigenvalue weighted by Crippen LogP contribution is 2.36. The first kappa shape index (κ1) is 15.9. The third-order valence-corrected chi connectivity index (χ3v) is 6.02. The zero-order chi connectivity index (χ0) is 16.6. The molecule has 4 rings (SSSR count). The second kappa shape index (κ2) is 6.34. The van der Waals surface area contributed by atoms with Gasteiger partial charge in [-0.3, -0.25) is 4.90 Å².